The van der Waals surface area contributed by atoms with Crippen molar-refractivity contribution in [3.63, 3.8) is 0 Å². The van der Waals surface area contributed by atoms with E-state index in [2.05, 4.69) is 41.1 Å². The molecule has 0 spiro atoms. The third-order valence-electron chi connectivity index (χ3n) is 4.79. The second-order valence-electron chi connectivity index (χ2n) is 7.22. The number of aryl methyl sites for hydroxylation is 2. The van der Waals surface area contributed by atoms with Crippen molar-refractivity contribution >= 4 is 27.8 Å². The number of rotatable bonds is 18. The Balaban J connectivity index is 1.62. The molecule has 0 radical (unpaired) electrons. The van der Waals surface area contributed by atoms with Crippen LogP contribution in [0.4, 0.5) is 16.5 Å². The van der Waals surface area contributed by atoms with Gasteiger partial charge in [0.15, 0.2) is 0 Å². The molecule has 2 rings (SSSR count). The van der Waals surface area contributed by atoms with Gasteiger partial charge in [0.25, 0.3) is 0 Å². The Morgan fingerprint density at radius 2 is 1.58 bits per heavy atom. The monoisotopic (exact) mass is 481 g/mol. The normalized spacial score (nSPS) is 11.5. The highest BCUT2D eigenvalue weighted by molar-refractivity contribution is 7.12. The predicted molar refractivity (Wildman–Crippen MR) is 129 cm³/mol. The van der Waals surface area contributed by atoms with Gasteiger partial charge in [0.1, 0.15) is 11.9 Å². The molecule has 2 aromatic rings. The molecular weight excluding hydrogens is 444 g/mol. The lowest BCUT2D eigenvalue weighted by molar-refractivity contribution is -0.654. The summed E-state index contributed by atoms with van der Waals surface area (Å²) in [6.45, 7) is 10.0. The first-order valence-electron chi connectivity index (χ1n) is 11.3. The summed E-state index contributed by atoms with van der Waals surface area (Å²) >= 11 is 1.56. The summed E-state index contributed by atoms with van der Waals surface area (Å²) in [7, 11) is 1.96. The molecule has 1 N–H and O–H groups in total. The van der Waals surface area contributed by atoms with E-state index in [0.29, 0.717) is 52.9 Å². The summed E-state index contributed by atoms with van der Waals surface area (Å²) in [6, 6.07) is 6.24. The van der Waals surface area contributed by atoms with Crippen molar-refractivity contribution in [3.05, 3.63) is 35.3 Å². The van der Waals surface area contributed by atoms with Crippen molar-refractivity contribution < 1.29 is 28.6 Å². The minimum Gasteiger partial charge on any atom is -0.394 e. The van der Waals surface area contributed by atoms with E-state index in [0.717, 1.165) is 35.2 Å². The first kappa shape index (κ1) is 27.3. The van der Waals surface area contributed by atoms with Crippen molar-refractivity contribution in [3.8, 4) is 0 Å². The van der Waals surface area contributed by atoms with E-state index in [-0.39, 0.29) is 6.61 Å². The molecule has 0 amide bonds. The number of anilines is 1. The molecule has 9 nitrogen and oxygen atoms in total. The van der Waals surface area contributed by atoms with Gasteiger partial charge in [-0.3, -0.25) is 0 Å². The van der Waals surface area contributed by atoms with Gasteiger partial charge in [0.2, 0.25) is 0 Å². The Hall–Kier alpha value is -1.95. The molecule has 1 aromatic heterocycles. The molecule has 0 saturated carbocycles. The number of nitrogens with zero attached hydrogens (tertiary/aromatic N) is 4. The number of azo groups is 1. The molecule has 0 aliphatic rings. The molecule has 0 saturated heterocycles. The van der Waals surface area contributed by atoms with E-state index < -0.39 is 0 Å². The number of benzene rings is 1. The van der Waals surface area contributed by atoms with Crippen LogP contribution in [0.15, 0.2) is 40.0 Å². The number of ether oxygens (including phenoxy) is 4. The van der Waals surface area contributed by atoms with Gasteiger partial charge in [-0.2, -0.15) is 0 Å². The summed E-state index contributed by atoms with van der Waals surface area (Å²) in [5, 5.41) is 20.2. The van der Waals surface area contributed by atoms with Crippen LogP contribution in [-0.2, 0) is 26.0 Å². The van der Waals surface area contributed by atoms with Crippen LogP contribution in [0.25, 0.3) is 0 Å². The van der Waals surface area contributed by atoms with E-state index >= 15 is 0 Å². The summed E-state index contributed by atoms with van der Waals surface area (Å²) in [5.74, 6) is 0. The Bertz CT molecular complexity index is 818. The van der Waals surface area contributed by atoms with Crippen LogP contribution >= 0.6 is 11.3 Å². The Morgan fingerprint density at radius 1 is 0.939 bits per heavy atom. The van der Waals surface area contributed by atoms with Crippen LogP contribution < -0.4 is 9.47 Å². The maximum atomic E-state index is 8.60. The van der Waals surface area contributed by atoms with Gasteiger partial charge in [-0.15, -0.1) is 0 Å². The van der Waals surface area contributed by atoms with E-state index in [1.165, 1.54) is 0 Å². The van der Waals surface area contributed by atoms with Crippen LogP contribution in [0.2, 0.25) is 0 Å². The van der Waals surface area contributed by atoms with Crippen molar-refractivity contribution in [2.45, 2.75) is 13.8 Å². The number of aromatic nitrogens is 1. The smallest absolute Gasteiger partial charge is 0.394 e. The molecule has 0 atom stereocenters. The lowest BCUT2D eigenvalue weighted by Crippen LogP contribution is -2.27. The third-order valence-corrected chi connectivity index (χ3v) is 5.63. The molecule has 1 aromatic carbocycles. The Kier molecular flexibility index (Phi) is 13.8. The van der Waals surface area contributed by atoms with E-state index in [4.69, 9.17) is 24.1 Å². The Labute approximate surface area is 200 Å². The Morgan fingerprint density at radius 3 is 2.12 bits per heavy atom. The molecule has 0 aliphatic carbocycles. The quantitative estimate of drug-likeness (QED) is 0.200. The molecule has 184 valence electrons. The number of thiazole rings is 1. The summed E-state index contributed by atoms with van der Waals surface area (Å²) in [6.07, 6.45) is 1.97. The van der Waals surface area contributed by atoms with Crippen LogP contribution in [0.3, 0.4) is 0 Å². The number of aliphatic hydroxyl groups is 1. The molecule has 0 fully saturated rings. The molecule has 1 heterocycles. The van der Waals surface area contributed by atoms with Crippen molar-refractivity contribution in [2.24, 2.45) is 17.3 Å². The highest BCUT2D eigenvalue weighted by Gasteiger charge is 2.10. The number of hydrogen-bond acceptors (Lipinski definition) is 9. The SMILES string of the molecule is CCN(CCOCCOCCOCCOCCO)c1ccc(N=Nc2scc[n+]2C)c(C)c1. The molecule has 33 heavy (non-hydrogen) atoms. The molecule has 10 heteroatoms. The fourth-order valence-corrected chi connectivity index (χ4v) is 3.62. The fourth-order valence-electron chi connectivity index (χ4n) is 2.94. The van der Waals surface area contributed by atoms with Crippen LogP contribution in [0.1, 0.15) is 12.5 Å². The minimum absolute atomic E-state index is 0.0350. The van der Waals surface area contributed by atoms with E-state index in [9.17, 15) is 0 Å². The van der Waals surface area contributed by atoms with Gasteiger partial charge >= 0.3 is 5.13 Å². The predicted octanol–water partition coefficient (Wildman–Crippen LogP) is 3.18. The topological polar surface area (TPSA) is 89.0 Å². The van der Waals surface area contributed by atoms with Gasteiger partial charge in [-0.1, -0.05) is 0 Å². The second-order valence-corrected chi connectivity index (χ2v) is 8.09. The molecular formula is C23H37N4O5S+. The molecule has 0 bridgehead atoms. The zero-order valence-electron chi connectivity index (χ0n) is 19.9. The minimum atomic E-state index is 0.0350. The van der Waals surface area contributed by atoms with Gasteiger partial charge in [0.05, 0.1) is 71.6 Å². The molecule has 0 aliphatic heterocycles. The van der Waals surface area contributed by atoms with Crippen molar-refractivity contribution in [2.75, 3.05) is 77.5 Å². The average molecular weight is 482 g/mol. The number of aliphatic hydroxyl groups excluding tert-OH is 1. The maximum Gasteiger partial charge on any atom is 0.408 e. The first-order valence-corrected chi connectivity index (χ1v) is 12.2. The van der Waals surface area contributed by atoms with Gasteiger partial charge in [-0.25, -0.2) is 4.57 Å². The second kappa shape index (κ2) is 16.6. The fraction of sp³-hybridized carbons (Fsp3) is 0.609. The average Bonchev–Trinajstić information content (AvgIpc) is 3.23. The van der Waals surface area contributed by atoms with Crippen LogP contribution in [-0.4, -0.2) is 77.7 Å². The van der Waals surface area contributed by atoms with Crippen LogP contribution in [0.5, 0.6) is 0 Å². The summed E-state index contributed by atoms with van der Waals surface area (Å²) in [4.78, 5) is 2.28. The van der Waals surface area contributed by atoms with Crippen LogP contribution in [0, 0.1) is 6.92 Å². The number of hydrogen-bond donors (Lipinski definition) is 1. The van der Waals surface area contributed by atoms with Crippen molar-refractivity contribution in [1.82, 2.24) is 0 Å². The van der Waals surface area contributed by atoms with E-state index in [1.54, 1.807) is 11.3 Å². The van der Waals surface area contributed by atoms with E-state index in [1.807, 2.05) is 29.3 Å². The van der Waals surface area contributed by atoms with Gasteiger partial charge in [0, 0.05) is 24.2 Å². The van der Waals surface area contributed by atoms with Gasteiger partial charge in [-0.05, 0) is 54.1 Å². The summed E-state index contributed by atoms with van der Waals surface area (Å²) < 4.78 is 23.6. The maximum absolute atomic E-state index is 8.60. The highest BCUT2D eigenvalue weighted by atomic mass is 32.1. The standard InChI is InChI=1S/C23H37N4O5S/c1-4-27(7-10-29-12-14-31-16-17-32-15-13-30-11-9-28)21-5-6-22(20(2)19-21)24-25-23-26(3)8-18-33-23/h5-6,8,18-19,28H,4,7,9-17H2,1-3H3/q+1. The largest absolute Gasteiger partial charge is 0.408 e. The van der Waals surface area contributed by atoms with Crippen molar-refractivity contribution in [1.29, 1.82) is 0 Å². The van der Waals surface area contributed by atoms with Gasteiger partial charge < -0.3 is 29.0 Å². The zero-order valence-corrected chi connectivity index (χ0v) is 20.8. The lowest BCUT2D eigenvalue weighted by Gasteiger charge is -2.23. The third kappa shape index (κ3) is 10.7. The first-order chi connectivity index (χ1) is 16.2. The lowest BCUT2D eigenvalue weighted by atomic mass is 10.1. The number of likely N-dealkylation sites (N-methyl/N-ethyl adjacent to an activating group) is 1. The zero-order chi connectivity index (χ0) is 23.7. The summed E-state index contributed by atoms with van der Waals surface area (Å²) in [5.41, 5.74) is 3.11. The molecule has 0 unspecified atom stereocenters. The highest BCUT2D eigenvalue weighted by Crippen LogP contribution is 2.26.